The molecule has 3 rings (SSSR count). The summed E-state index contributed by atoms with van der Waals surface area (Å²) < 4.78 is 41.1. The fraction of sp³-hybridized carbons (Fsp3) is 0.389. The summed E-state index contributed by atoms with van der Waals surface area (Å²) >= 11 is 12.1. The summed E-state index contributed by atoms with van der Waals surface area (Å²) in [6.07, 6.45) is -0.0623. The molecule has 258 valence electrons. The first kappa shape index (κ1) is 38.4. The minimum absolute atomic E-state index is 0.0125. The molecule has 0 aromatic heterocycles. The SMILES string of the molecule is COc1ccc(C[C@H](NC(=O)CCc2ccc(Cl)c(Cl)c2)C(=O)C[C@H](C(=O)C(F)(F)C(=O)NCCc2ccccc2)C(C)C)cc1OC. The number of Topliss-reactive ketones (excluding diaryl/α,β-unsaturated/α-hetero) is 2. The molecule has 48 heavy (non-hydrogen) atoms. The Labute approximate surface area is 289 Å². The molecule has 2 amide bonds. The van der Waals surface area contributed by atoms with Crippen molar-refractivity contribution in [3.05, 3.63) is 93.5 Å². The summed E-state index contributed by atoms with van der Waals surface area (Å²) in [7, 11) is 2.92. The van der Waals surface area contributed by atoms with Crippen LogP contribution in [0.2, 0.25) is 10.0 Å². The van der Waals surface area contributed by atoms with E-state index >= 15 is 8.78 Å². The van der Waals surface area contributed by atoms with Crippen LogP contribution in [0.15, 0.2) is 66.7 Å². The van der Waals surface area contributed by atoms with Crippen LogP contribution < -0.4 is 20.1 Å². The number of amides is 2. The van der Waals surface area contributed by atoms with Crippen LogP contribution in [0.4, 0.5) is 8.78 Å². The van der Waals surface area contributed by atoms with Crippen LogP contribution in [0.3, 0.4) is 0 Å². The number of ketones is 2. The van der Waals surface area contributed by atoms with Gasteiger partial charge in [-0.3, -0.25) is 19.2 Å². The zero-order chi connectivity index (χ0) is 35.4. The molecule has 12 heteroatoms. The standard InChI is InChI=1S/C36H40Cl2F2N2O6/c1-22(2)26(34(45)36(39,40)35(46)41-17-16-23-8-6-5-7-9-23)21-30(43)29(19-25-11-14-31(47-3)32(20-25)48-4)42-33(44)15-12-24-10-13-27(37)28(38)18-24/h5-11,13-14,18,20,22,26,29H,12,15-17,19,21H2,1-4H3,(H,41,46)(H,42,44)/t26-,29-/m0/s1. The number of hydrogen-bond acceptors (Lipinski definition) is 6. The first-order valence-electron chi connectivity index (χ1n) is 15.5. The lowest BCUT2D eigenvalue weighted by molar-refractivity contribution is -0.162. The van der Waals surface area contributed by atoms with Gasteiger partial charge in [0.15, 0.2) is 17.3 Å². The van der Waals surface area contributed by atoms with Gasteiger partial charge in [-0.25, -0.2) is 0 Å². The van der Waals surface area contributed by atoms with Crippen molar-refractivity contribution < 1.29 is 37.4 Å². The molecule has 2 N–H and O–H groups in total. The van der Waals surface area contributed by atoms with Crippen LogP contribution in [0.1, 0.15) is 43.4 Å². The first-order valence-corrected chi connectivity index (χ1v) is 16.2. The van der Waals surface area contributed by atoms with Crippen molar-refractivity contribution >= 4 is 46.6 Å². The lowest BCUT2D eigenvalue weighted by Crippen LogP contribution is -2.51. The van der Waals surface area contributed by atoms with Gasteiger partial charge in [-0.05, 0) is 66.1 Å². The molecule has 0 unspecified atom stereocenters. The molecule has 3 aromatic carbocycles. The summed E-state index contributed by atoms with van der Waals surface area (Å²) in [5, 5.41) is 5.57. The maximum atomic E-state index is 15.2. The van der Waals surface area contributed by atoms with Gasteiger partial charge in [-0.2, -0.15) is 8.78 Å². The number of benzene rings is 3. The molecule has 0 fully saturated rings. The van der Waals surface area contributed by atoms with Gasteiger partial charge in [0, 0.05) is 25.3 Å². The Balaban J connectivity index is 1.77. The third-order valence-corrected chi connectivity index (χ3v) is 8.67. The van der Waals surface area contributed by atoms with E-state index in [4.69, 9.17) is 32.7 Å². The van der Waals surface area contributed by atoms with Gasteiger partial charge in [0.05, 0.1) is 30.3 Å². The molecule has 0 radical (unpaired) electrons. The fourth-order valence-corrected chi connectivity index (χ4v) is 5.44. The van der Waals surface area contributed by atoms with E-state index in [0.29, 0.717) is 39.9 Å². The Hall–Kier alpha value is -4.02. The zero-order valence-corrected chi connectivity index (χ0v) is 28.8. The Morgan fingerprint density at radius 3 is 2.10 bits per heavy atom. The van der Waals surface area contributed by atoms with Gasteiger partial charge in [0.25, 0.3) is 5.91 Å². The smallest absolute Gasteiger partial charge is 0.381 e. The average molecular weight is 706 g/mol. The van der Waals surface area contributed by atoms with E-state index in [-0.39, 0.29) is 19.4 Å². The molecule has 0 heterocycles. The normalized spacial score (nSPS) is 12.6. The molecule has 3 aromatic rings. The highest BCUT2D eigenvalue weighted by atomic mass is 35.5. The van der Waals surface area contributed by atoms with E-state index in [1.54, 1.807) is 60.7 Å². The minimum atomic E-state index is -4.37. The lowest BCUT2D eigenvalue weighted by Gasteiger charge is -2.26. The predicted octanol–water partition coefficient (Wildman–Crippen LogP) is 6.47. The largest absolute Gasteiger partial charge is 0.493 e. The predicted molar refractivity (Wildman–Crippen MR) is 181 cm³/mol. The summed E-state index contributed by atoms with van der Waals surface area (Å²) in [6, 6.07) is 17.7. The van der Waals surface area contributed by atoms with Gasteiger partial charge in [-0.1, -0.05) is 79.5 Å². The molecule has 0 saturated carbocycles. The van der Waals surface area contributed by atoms with Crippen LogP contribution >= 0.6 is 23.2 Å². The van der Waals surface area contributed by atoms with Crippen molar-refractivity contribution in [1.29, 1.82) is 0 Å². The number of methoxy groups -OCH3 is 2. The fourth-order valence-electron chi connectivity index (χ4n) is 5.12. The number of alkyl halides is 2. The third-order valence-electron chi connectivity index (χ3n) is 7.94. The summed E-state index contributed by atoms with van der Waals surface area (Å²) in [6.45, 7) is 2.95. The highest BCUT2D eigenvalue weighted by Crippen LogP contribution is 2.30. The second-order valence-electron chi connectivity index (χ2n) is 11.7. The van der Waals surface area contributed by atoms with Crippen LogP contribution in [0, 0.1) is 11.8 Å². The number of carbonyl (C=O) groups excluding carboxylic acids is 4. The molecule has 0 aliphatic carbocycles. The Kier molecular flexibility index (Phi) is 14.4. The monoisotopic (exact) mass is 704 g/mol. The van der Waals surface area contributed by atoms with E-state index in [9.17, 15) is 19.2 Å². The van der Waals surface area contributed by atoms with E-state index in [1.807, 2.05) is 6.07 Å². The highest BCUT2D eigenvalue weighted by Gasteiger charge is 2.51. The first-order chi connectivity index (χ1) is 22.8. The average Bonchev–Trinajstić information content (AvgIpc) is 3.07. The molecule has 0 bridgehead atoms. The molecule has 8 nitrogen and oxygen atoms in total. The van der Waals surface area contributed by atoms with Gasteiger partial charge < -0.3 is 20.1 Å². The summed E-state index contributed by atoms with van der Waals surface area (Å²) in [4.78, 5) is 52.5. The minimum Gasteiger partial charge on any atom is -0.493 e. The van der Waals surface area contributed by atoms with Crippen molar-refractivity contribution in [2.24, 2.45) is 11.8 Å². The van der Waals surface area contributed by atoms with Crippen molar-refractivity contribution in [1.82, 2.24) is 10.6 Å². The van der Waals surface area contributed by atoms with E-state index < -0.39 is 53.6 Å². The molecular formula is C36H40Cl2F2N2O6. The van der Waals surface area contributed by atoms with E-state index in [2.05, 4.69) is 10.6 Å². The number of hydrogen-bond donors (Lipinski definition) is 2. The molecule has 2 atom stereocenters. The molecule has 0 spiro atoms. The van der Waals surface area contributed by atoms with Crippen LogP contribution in [0.5, 0.6) is 11.5 Å². The van der Waals surface area contributed by atoms with Gasteiger partial charge >= 0.3 is 5.92 Å². The van der Waals surface area contributed by atoms with Crippen molar-refractivity contribution in [2.75, 3.05) is 20.8 Å². The Morgan fingerprint density at radius 1 is 0.812 bits per heavy atom. The van der Waals surface area contributed by atoms with Gasteiger partial charge in [0.2, 0.25) is 11.7 Å². The van der Waals surface area contributed by atoms with E-state index in [1.165, 1.54) is 28.1 Å². The summed E-state index contributed by atoms with van der Waals surface area (Å²) in [5.41, 5.74) is 2.17. The van der Waals surface area contributed by atoms with Crippen LogP contribution in [-0.4, -0.2) is 56.1 Å². The Morgan fingerprint density at radius 2 is 1.48 bits per heavy atom. The van der Waals surface area contributed by atoms with E-state index in [0.717, 1.165) is 11.1 Å². The van der Waals surface area contributed by atoms with Crippen molar-refractivity contribution in [3.8, 4) is 11.5 Å². The number of rotatable bonds is 18. The van der Waals surface area contributed by atoms with Crippen molar-refractivity contribution in [2.45, 2.75) is 57.9 Å². The second kappa shape index (κ2) is 17.9. The number of aryl methyl sites for hydroxylation is 1. The van der Waals surface area contributed by atoms with Crippen molar-refractivity contribution in [3.63, 3.8) is 0 Å². The second-order valence-corrected chi connectivity index (χ2v) is 12.5. The molecule has 0 aliphatic heterocycles. The highest BCUT2D eigenvalue weighted by molar-refractivity contribution is 6.42. The Bertz CT molecular complexity index is 1590. The topological polar surface area (TPSA) is 111 Å². The summed E-state index contributed by atoms with van der Waals surface area (Å²) in [5.74, 6) is -10.2. The van der Waals surface area contributed by atoms with Gasteiger partial charge in [0.1, 0.15) is 0 Å². The molecule has 0 saturated heterocycles. The third kappa shape index (κ3) is 10.8. The van der Waals surface area contributed by atoms with Crippen LogP contribution in [0.25, 0.3) is 0 Å². The maximum Gasteiger partial charge on any atom is 0.381 e. The lowest BCUT2D eigenvalue weighted by atomic mass is 9.82. The zero-order valence-electron chi connectivity index (χ0n) is 27.3. The number of nitrogens with one attached hydrogen (secondary N) is 2. The quantitative estimate of drug-likeness (QED) is 0.147. The van der Waals surface area contributed by atoms with Gasteiger partial charge in [-0.15, -0.1) is 0 Å². The van der Waals surface area contributed by atoms with Crippen LogP contribution in [-0.2, 0) is 38.4 Å². The maximum absolute atomic E-state index is 15.2. The number of carbonyl (C=O) groups is 4. The molecular weight excluding hydrogens is 665 g/mol. The number of halogens is 4. The number of ether oxygens (including phenoxy) is 2. The molecule has 0 aliphatic rings.